The summed E-state index contributed by atoms with van der Waals surface area (Å²) in [6, 6.07) is 27.1. The highest BCUT2D eigenvalue weighted by molar-refractivity contribution is 8.76. The Kier molecular flexibility index (Phi) is 4.56. The van der Waals surface area contributed by atoms with Crippen LogP contribution < -0.4 is 11.3 Å². The Morgan fingerprint density at radius 1 is 0.500 bits per heavy atom. The van der Waals surface area contributed by atoms with Crippen LogP contribution in [0.2, 0.25) is 0 Å². The van der Waals surface area contributed by atoms with Gasteiger partial charge in [-0.05, 0) is 67.4 Å². The molecule has 0 bridgehead atoms. The summed E-state index contributed by atoms with van der Waals surface area (Å²) < 4.78 is 11.1. The van der Waals surface area contributed by atoms with Crippen molar-refractivity contribution in [3.8, 4) is 0 Å². The van der Waals surface area contributed by atoms with Crippen LogP contribution >= 0.6 is 21.6 Å². The summed E-state index contributed by atoms with van der Waals surface area (Å²) in [4.78, 5) is 26.0. The second kappa shape index (κ2) is 7.58. The first kappa shape index (κ1) is 19.2. The van der Waals surface area contributed by atoms with Crippen LogP contribution in [0.5, 0.6) is 0 Å². The Morgan fingerprint density at radius 3 is 1.41 bits per heavy atom. The fourth-order valence-electron chi connectivity index (χ4n) is 3.91. The summed E-state index contributed by atoms with van der Waals surface area (Å²) >= 11 is 0. The molecule has 6 heteroatoms. The first-order valence-corrected chi connectivity index (χ1v) is 12.1. The zero-order chi connectivity index (χ0) is 21.7. The second-order valence-electron chi connectivity index (χ2n) is 7.36. The van der Waals surface area contributed by atoms with Gasteiger partial charge < -0.3 is 8.83 Å². The molecule has 0 aliphatic rings. The molecular formula is C26H14O4S2. The van der Waals surface area contributed by atoms with E-state index in [0.717, 1.165) is 32.3 Å². The van der Waals surface area contributed by atoms with E-state index in [1.54, 1.807) is 0 Å². The first-order chi connectivity index (χ1) is 15.7. The minimum Gasteiger partial charge on any atom is -0.422 e. The molecule has 0 fully saturated rings. The topological polar surface area (TPSA) is 60.4 Å². The molecule has 0 saturated carbocycles. The van der Waals surface area contributed by atoms with Gasteiger partial charge in [0.15, 0.2) is 0 Å². The Hall–Kier alpha value is -3.48. The summed E-state index contributed by atoms with van der Waals surface area (Å²) in [5, 5.41) is 5.89. The van der Waals surface area contributed by atoms with E-state index in [-0.39, 0.29) is 0 Å². The van der Waals surface area contributed by atoms with Crippen LogP contribution in [0.15, 0.2) is 113 Å². The van der Waals surface area contributed by atoms with Crippen molar-refractivity contribution >= 4 is 65.1 Å². The molecule has 0 amide bonds. The highest BCUT2D eigenvalue weighted by Gasteiger charge is 2.13. The first-order valence-electron chi connectivity index (χ1n) is 9.93. The van der Waals surface area contributed by atoms with Gasteiger partial charge in [-0.25, -0.2) is 9.59 Å². The molecule has 4 aromatic carbocycles. The van der Waals surface area contributed by atoms with Crippen molar-refractivity contribution in [2.24, 2.45) is 0 Å². The maximum absolute atomic E-state index is 12.6. The summed E-state index contributed by atoms with van der Waals surface area (Å²) in [5.41, 5.74) is 0.223. The molecule has 0 aliphatic heterocycles. The smallest absolute Gasteiger partial charge is 0.350 e. The molecule has 4 nitrogen and oxygen atoms in total. The van der Waals surface area contributed by atoms with Crippen molar-refractivity contribution in [1.82, 2.24) is 0 Å². The molecule has 0 saturated heterocycles. The number of rotatable bonds is 3. The third-order valence-electron chi connectivity index (χ3n) is 5.44. The maximum atomic E-state index is 12.6. The highest BCUT2D eigenvalue weighted by atomic mass is 33.1. The lowest BCUT2D eigenvalue weighted by Crippen LogP contribution is -2.03. The zero-order valence-electron chi connectivity index (χ0n) is 16.5. The second-order valence-corrected chi connectivity index (χ2v) is 9.57. The van der Waals surface area contributed by atoms with Gasteiger partial charge in [-0.3, -0.25) is 0 Å². The van der Waals surface area contributed by atoms with Crippen molar-refractivity contribution < 1.29 is 8.83 Å². The van der Waals surface area contributed by atoms with Crippen LogP contribution in [0, 0.1) is 0 Å². The van der Waals surface area contributed by atoms with Gasteiger partial charge >= 0.3 is 11.3 Å². The molecule has 0 unspecified atom stereocenters. The molecule has 2 aromatic heterocycles. The SMILES string of the molecule is O=c1oc2ccc3ccccc3c2cc1SSc1cc2c(ccc3ccccc32)oc1=O. The van der Waals surface area contributed by atoms with Gasteiger partial charge in [0, 0.05) is 10.8 Å². The van der Waals surface area contributed by atoms with Crippen molar-refractivity contribution in [3.05, 3.63) is 106 Å². The summed E-state index contributed by atoms with van der Waals surface area (Å²) in [6.45, 7) is 0. The van der Waals surface area contributed by atoms with Crippen molar-refractivity contribution in [3.63, 3.8) is 0 Å². The Balaban J connectivity index is 1.43. The lowest BCUT2D eigenvalue weighted by atomic mass is 10.1. The fraction of sp³-hybridized carbons (Fsp3) is 0. The number of fused-ring (bicyclic) bond motifs is 6. The standard InChI is InChI=1S/C26H14O4S2/c27-25-23(13-19-17-7-3-1-5-15(17)9-11-21(19)29-25)31-32-24-14-20-18-8-4-2-6-16(18)10-12-22(20)30-26(24)28/h1-14H. The Labute approximate surface area is 189 Å². The van der Waals surface area contributed by atoms with Crippen LogP contribution in [0.25, 0.3) is 43.5 Å². The lowest BCUT2D eigenvalue weighted by molar-refractivity contribution is 0.543. The number of hydrogen-bond acceptors (Lipinski definition) is 6. The van der Waals surface area contributed by atoms with Crippen LogP contribution in [0.1, 0.15) is 0 Å². The average molecular weight is 455 g/mol. The van der Waals surface area contributed by atoms with E-state index >= 15 is 0 Å². The third kappa shape index (κ3) is 3.20. The molecule has 0 radical (unpaired) electrons. The molecule has 0 N–H and O–H groups in total. The van der Waals surface area contributed by atoms with E-state index < -0.39 is 11.3 Å². The van der Waals surface area contributed by atoms with E-state index in [2.05, 4.69) is 0 Å². The zero-order valence-corrected chi connectivity index (χ0v) is 18.2. The molecule has 32 heavy (non-hydrogen) atoms. The minimum absolute atomic E-state index is 0.427. The highest BCUT2D eigenvalue weighted by Crippen LogP contribution is 2.38. The predicted octanol–water partition coefficient (Wildman–Crippen LogP) is 7.01. The van der Waals surface area contributed by atoms with Gasteiger partial charge in [0.25, 0.3) is 0 Å². The van der Waals surface area contributed by atoms with Crippen LogP contribution in [-0.4, -0.2) is 0 Å². The molecule has 0 atom stereocenters. The predicted molar refractivity (Wildman–Crippen MR) is 132 cm³/mol. The van der Waals surface area contributed by atoms with E-state index in [1.165, 1.54) is 21.6 Å². The van der Waals surface area contributed by atoms with E-state index in [4.69, 9.17) is 8.83 Å². The summed E-state index contributed by atoms with van der Waals surface area (Å²) in [6.07, 6.45) is 0. The normalized spacial score (nSPS) is 11.6. The van der Waals surface area contributed by atoms with E-state index in [0.29, 0.717) is 21.0 Å². The van der Waals surface area contributed by atoms with Gasteiger partial charge in [0.1, 0.15) is 21.0 Å². The minimum atomic E-state index is -0.430. The van der Waals surface area contributed by atoms with E-state index in [1.807, 2.05) is 84.9 Å². The summed E-state index contributed by atoms with van der Waals surface area (Å²) in [7, 11) is 2.40. The van der Waals surface area contributed by atoms with Crippen molar-refractivity contribution in [2.45, 2.75) is 9.79 Å². The average Bonchev–Trinajstić information content (AvgIpc) is 2.82. The van der Waals surface area contributed by atoms with Crippen LogP contribution in [0.4, 0.5) is 0 Å². The third-order valence-corrected chi connectivity index (χ3v) is 7.78. The van der Waals surface area contributed by atoms with Gasteiger partial charge in [-0.2, -0.15) is 0 Å². The Morgan fingerprint density at radius 2 is 0.938 bits per heavy atom. The van der Waals surface area contributed by atoms with Crippen LogP contribution in [-0.2, 0) is 0 Å². The monoisotopic (exact) mass is 454 g/mol. The quantitative estimate of drug-likeness (QED) is 0.163. The van der Waals surface area contributed by atoms with Gasteiger partial charge in [0.05, 0.1) is 0 Å². The van der Waals surface area contributed by atoms with Crippen LogP contribution in [0.3, 0.4) is 0 Å². The molecule has 0 aliphatic carbocycles. The Bertz CT molecular complexity index is 1650. The molecular weight excluding hydrogens is 440 g/mol. The molecule has 0 spiro atoms. The molecule has 2 heterocycles. The molecule has 154 valence electrons. The molecule has 6 rings (SSSR count). The van der Waals surface area contributed by atoms with Gasteiger partial charge in [-0.15, -0.1) is 0 Å². The maximum Gasteiger partial charge on any atom is 0.350 e. The van der Waals surface area contributed by atoms with E-state index in [9.17, 15) is 9.59 Å². The van der Waals surface area contributed by atoms with Gasteiger partial charge in [0.2, 0.25) is 0 Å². The van der Waals surface area contributed by atoms with Crippen molar-refractivity contribution in [2.75, 3.05) is 0 Å². The number of hydrogen-bond donors (Lipinski definition) is 0. The molecule has 6 aromatic rings. The summed E-state index contributed by atoms with van der Waals surface area (Å²) in [5.74, 6) is 0. The van der Waals surface area contributed by atoms with Gasteiger partial charge in [-0.1, -0.05) is 60.7 Å². The van der Waals surface area contributed by atoms with Crippen molar-refractivity contribution in [1.29, 1.82) is 0 Å². The fourth-order valence-corrected chi connectivity index (χ4v) is 5.88. The number of benzene rings is 4. The largest absolute Gasteiger partial charge is 0.422 e. The lowest BCUT2D eigenvalue weighted by Gasteiger charge is -2.06.